The van der Waals surface area contributed by atoms with E-state index in [0.29, 0.717) is 41.0 Å². The maximum atomic E-state index is 12.0. The van der Waals surface area contributed by atoms with Crippen LogP contribution in [0.4, 0.5) is 5.69 Å². The van der Waals surface area contributed by atoms with Gasteiger partial charge >= 0.3 is 0 Å². The monoisotopic (exact) mass is 509 g/mol. The first-order chi connectivity index (χ1) is 14.9. The van der Waals surface area contributed by atoms with Crippen molar-refractivity contribution in [3.8, 4) is 11.5 Å². The summed E-state index contributed by atoms with van der Waals surface area (Å²) in [6.45, 7) is 5.06. The van der Waals surface area contributed by atoms with Gasteiger partial charge < -0.3 is 14.8 Å². The first-order valence-corrected chi connectivity index (χ1v) is 11.1. The number of benzene rings is 2. The van der Waals surface area contributed by atoms with E-state index in [1.54, 1.807) is 30.3 Å². The zero-order valence-electron chi connectivity index (χ0n) is 17.4. The highest BCUT2D eigenvalue weighted by Gasteiger charge is 2.12. The number of halogens is 2. The molecule has 2 aromatic carbocycles. The smallest absolute Gasteiger partial charge is 0.249 e. The molecule has 2 amide bonds. The van der Waals surface area contributed by atoms with Crippen LogP contribution in [-0.4, -0.2) is 31.2 Å². The average molecular weight is 511 g/mol. The Bertz CT molecular complexity index is 920. The molecule has 0 unspecified atom stereocenters. The lowest BCUT2D eigenvalue weighted by Crippen LogP contribution is -2.24. The maximum Gasteiger partial charge on any atom is 0.249 e. The van der Waals surface area contributed by atoms with Crippen LogP contribution >= 0.6 is 27.5 Å². The van der Waals surface area contributed by atoms with Crippen molar-refractivity contribution in [3.63, 3.8) is 0 Å². The minimum absolute atomic E-state index is 0.363. The second-order valence-corrected chi connectivity index (χ2v) is 7.78. The standard InChI is InChI=1S/C22H25BrClN3O4/c1-3-5-10-31-22-18(23)11-15(12-19(22)30-4-2)14-25-27-21(29)13-20(28)26-17-8-6-16(24)7-9-17/h6-9,11-12,14H,3-5,10,13H2,1-2H3,(H,26,28)(H,27,29). The van der Waals surface area contributed by atoms with Gasteiger partial charge in [0.25, 0.3) is 0 Å². The third-order valence-electron chi connectivity index (χ3n) is 3.93. The predicted octanol–water partition coefficient (Wildman–Crippen LogP) is 5.16. The molecule has 2 aromatic rings. The number of nitrogens with one attached hydrogen (secondary N) is 2. The molecule has 0 aliphatic carbocycles. The molecule has 0 bridgehead atoms. The van der Waals surface area contributed by atoms with E-state index in [2.05, 4.69) is 38.7 Å². The Balaban J connectivity index is 1.93. The molecule has 9 heteroatoms. The lowest BCUT2D eigenvalue weighted by atomic mass is 10.2. The van der Waals surface area contributed by atoms with E-state index in [9.17, 15) is 9.59 Å². The molecule has 0 atom stereocenters. The first-order valence-electron chi connectivity index (χ1n) is 9.89. The third kappa shape index (κ3) is 8.59. The average Bonchev–Trinajstić information content (AvgIpc) is 2.72. The van der Waals surface area contributed by atoms with E-state index in [1.165, 1.54) is 6.21 Å². The highest BCUT2D eigenvalue weighted by Crippen LogP contribution is 2.36. The van der Waals surface area contributed by atoms with Gasteiger partial charge in [-0.25, -0.2) is 5.43 Å². The molecule has 0 spiro atoms. The fourth-order valence-electron chi connectivity index (χ4n) is 2.49. The van der Waals surface area contributed by atoms with E-state index in [-0.39, 0.29) is 6.42 Å². The Hall–Kier alpha value is -2.58. The van der Waals surface area contributed by atoms with Crippen molar-refractivity contribution >= 4 is 51.2 Å². The van der Waals surface area contributed by atoms with E-state index in [4.69, 9.17) is 21.1 Å². The number of hydrazone groups is 1. The zero-order valence-corrected chi connectivity index (χ0v) is 19.8. The Kier molecular flexibility index (Phi) is 10.3. The summed E-state index contributed by atoms with van der Waals surface area (Å²) in [5, 5.41) is 7.10. The predicted molar refractivity (Wildman–Crippen MR) is 126 cm³/mol. The van der Waals surface area contributed by atoms with Crippen molar-refractivity contribution in [1.82, 2.24) is 5.43 Å². The van der Waals surface area contributed by atoms with E-state index < -0.39 is 11.8 Å². The molecule has 0 fully saturated rings. The summed E-state index contributed by atoms with van der Waals surface area (Å²) in [6.07, 6.45) is 3.08. The van der Waals surface area contributed by atoms with E-state index >= 15 is 0 Å². The number of unbranched alkanes of at least 4 members (excludes halogenated alkanes) is 1. The Labute approximate surface area is 195 Å². The topological polar surface area (TPSA) is 89.0 Å². The van der Waals surface area contributed by atoms with E-state index in [1.807, 2.05) is 13.0 Å². The maximum absolute atomic E-state index is 12.0. The molecule has 0 aliphatic rings. The fourth-order valence-corrected chi connectivity index (χ4v) is 3.19. The SMILES string of the molecule is CCCCOc1c(Br)cc(C=NNC(=O)CC(=O)Nc2ccc(Cl)cc2)cc1OCC. The minimum atomic E-state index is -0.536. The van der Waals surface area contributed by atoms with Crippen molar-refractivity contribution in [1.29, 1.82) is 0 Å². The van der Waals surface area contributed by atoms with Gasteiger partial charge in [-0.15, -0.1) is 0 Å². The van der Waals surface area contributed by atoms with Crippen molar-refractivity contribution in [2.75, 3.05) is 18.5 Å². The number of amides is 2. The first kappa shape index (κ1) is 24.7. The van der Waals surface area contributed by atoms with Gasteiger partial charge in [0.15, 0.2) is 11.5 Å². The Morgan fingerprint density at radius 2 is 1.87 bits per heavy atom. The van der Waals surface area contributed by atoms with Gasteiger partial charge in [-0.1, -0.05) is 24.9 Å². The molecular formula is C22H25BrClN3O4. The molecule has 0 aromatic heterocycles. The lowest BCUT2D eigenvalue weighted by Gasteiger charge is -2.14. The largest absolute Gasteiger partial charge is 0.490 e. The second-order valence-electron chi connectivity index (χ2n) is 6.49. The quantitative estimate of drug-likeness (QED) is 0.189. The fraction of sp³-hybridized carbons (Fsp3) is 0.318. The summed E-state index contributed by atoms with van der Waals surface area (Å²) in [6, 6.07) is 10.2. The van der Waals surface area contributed by atoms with Crippen LogP contribution in [0.2, 0.25) is 5.02 Å². The van der Waals surface area contributed by atoms with Gasteiger partial charge in [-0.3, -0.25) is 9.59 Å². The number of nitrogens with zero attached hydrogens (tertiary/aromatic N) is 1. The van der Waals surface area contributed by atoms with Crippen molar-refractivity contribution < 1.29 is 19.1 Å². The van der Waals surface area contributed by atoms with Crippen molar-refractivity contribution in [2.24, 2.45) is 5.10 Å². The number of ether oxygens (including phenoxy) is 2. The highest BCUT2D eigenvalue weighted by atomic mass is 79.9. The van der Waals surface area contributed by atoms with Crippen LogP contribution < -0.4 is 20.2 Å². The van der Waals surface area contributed by atoms with Crippen LogP contribution in [0.5, 0.6) is 11.5 Å². The number of carbonyl (C=O) groups is 2. The number of anilines is 1. The third-order valence-corrected chi connectivity index (χ3v) is 4.77. The molecule has 2 rings (SSSR count). The molecule has 0 saturated heterocycles. The lowest BCUT2D eigenvalue weighted by molar-refractivity contribution is -0.126. The molecule has 166 valence electrons. The second kappa shape index (κ2) is 13.0. The molecule has 0 aliphatic heterocycles. The van der Waals surface area contributed by atoms with Gasteiger partial charge in [-0.2, -0.15) is 5.10 Å². The Morgan fingerprint density at radius 3 is 2.55 bits per heavy atom. The van der Waals surface area contributed by atoms with Gasteiger partial charge in [0, 0.05) is 10.7 Å². The zero-order chi connectivity index (χ0) is 22.6. The summed E-state index contributed by atoms with van der Waals surface area (Å²) in [4.78, 5) is 23.9. The minimum Gasteiger partial charge on any atom is -0.490 e. The molecular weight excluding hydrogens is 486 g/mol. The molecule has 7 nitrogen and oxygen atoms in total. The molecule has 0 saturated carbocycles. The van der Waals surface area contributed by atoms with Crippen LogP contribution in [0.1, 0.15) is 38.7 Å². The number of rotatable bonds is 11. The summed E-state index contributed by atoms with van der Waals surface area (Å²) < 4.78 is 12.2. The molecule has 31 heavy (non-hydrogen) atoms. The van der Waals surface area contributed by atoms with E-state index in [0.717, 1.165) is 17.3 Å². The molecule has 0 heterocycles. The van der Waals surface area contributed by atoms with Crippen molar-refractivity contribution in [3.05, 3.63) is 51.5 Å². The van der Waals surface area contributed by atoms with Crippen LogP contribution in [0.3, 0.4) is 0 Å². The number of hydrogen-bond donors (Lipinski definition) is 2. The van der Waals surface area contributed by atoms with Crippen LogP contribution in [0.25, 0.3) is 0 Å². The number of carbonyl (C=O) groups excluding carboxylic acids is 2. The summed E-state index contributed by atoms with van der Waals surface area (Å²) in [5.41, 5.74) is 3.60. The van der Waals surface area contributed by atoms with Crippen LogP contribution in [-0.2, 0) is 9.59 Å². The summed E-state index contributed by atoms with van der Waals surface area (Å²) >= 11 is 9.30. The van der Waals surface area contributed by atoms with Gasteiger partial charge in [-0.05, 0) is 71.2 Å². The van der Waals surface area contributed by atoms with Crippen LogP contribution in [0.15, 0.2) is 46.0 Å². The Morgan fingerprint density at radius 1 is 1.13 bits per heavy atom. The summed E-state index contributed by atoms with van der Waals surface area (Å²) in [7, 11) is 0. The van der Waals surface area contributed by atoms with Gasteiger partial charge in [0.05, 0.1) is 23.9 Å². The van der Waals surface area contributed by atoms with Crippen LogP contribution in [0, 0.1) is 0 Å². The highest BCUT2D eigenvalue weighted by molar-refractivity contribution is 9.10. The molecule has 0 radical (unpaired) electrons. The molecule has 2 N–H and O–H groups in total. The number of hydrogen-bond acceptors (Lipinski definition) is 5. The van der Waals surface area contributed by atoms with Crippen molar-refractivity contribution in [2.45, 2.75) is 33.1 Å². The summed E-state index contributed by atoms with van der Waals surface area (Å²) in [5.74, 6) is 0.231. The van der Waals surface area contributed by atoms with Gasteiger partial charge in [0.1, 0.15) is 6.42 Å². The normalized spacial score (nSPS) is 10.7. The van der Waals surface area contributed by atoms with Gasteiger partial charge in [0.2, 0.25) is 11.8 Å².